The van der Waals surface area contributed by atoms with Crippen molar-refractivity contribution in [3.05, 3.63) is 97.4 Å². The molecule has 0 amide bonds. The summed E-state index contributed by atoms with van der Waals surface area (Å²) in [6.07, 6.45) is 5.06. The number of nitrogens with zero attached hydrogens (tertiary/aromatic N) is 3. The van der Waals surface area contributed by atoms with E-state index in [9.17, 15) is 0 Å². The van der Waals surface area contributed by atoms with Crippen LogP contribution in [0.15, 0.2) is 73.2 Å². The largest absolute Gasteiger partial charge is 0.383 e. The van der Waals surface area contributed by atoms with Crippen molar-refractivity contribution in [3.8, 4) is 11.3 Å². The number of H-pyrrole nitrogens is 1. The number of fused-ring (bicyclic) bond motifs is 1. The van der Waals surface area contributed by atoms with Crippen LogP contribution in [0, 0.1) is 3.57 Å². The lowest BCUT2D eigenvalue weighted by molar-refractivity contribution is 1.11. The van der Waals surface area contributed by atoms with E-state index < -0.39 is 0 Å². The van der Waals surface area contributed by atoms with Crippen molar-refractivity contribution in [3.63, 3.8) is 0 Å². The number of anilines is 2. The maximum absolute atomic E-state index is 6.08. The van der Waals surface area contributed by atoms with Crippen LogP contribution in [0.25, 0.3) is 22.3 Å². The number of aromatic nitrogens is 4. The number of nitrogen functional groups attached to an aromatic ring is 1. The first kappa shape index (κ1) is 24.5. The first-order chi connectivity index (χ1) is 16.4. The Morgan fingerprint density at radius 1 is 0.912 bits per heavy atom. The number of hydrogen-bond acceptors (Lipinski definition) is 5. The Balaban J connectivity index is 0.000000257. The van der Waals surface area contributed by atoms with Crippen LogP contribution in [-0.4, -0.2) is 19.9 Å². The fraction of sp³-hybridized carbons (Fsp3) is 0.0417. The third-order valence-corrected chi connectivity index (χ3v) is 6.28. The van der Waals surface area contributed by atoms with E-state index in [0.29, 0.717) is 22.4 Å². The van der Waals surface area contributed by atoms with Gasteiger partial charge in [-0.3, -0.25) is 0 Å². The average molecular weight is 624 g/mol. The van der Waals surface area contributed by atoms with Gasteiger partial charge in [0.1, 0.15) is 17.3 Å². The summed E-state index contributed by atoms with van der Waals surface area (Å²) in [4.78, 5) is 16.0. The van der Waals surface area contributed by atoms with Gasteiger partial charge in [0.2, 0.25) is 0 Å². The molecule has 6 nitrogen and oxygen atoms in total. The number of nitrogens with two attached hydrogens (primary N) is 1. The van der Waals surface area contributed by atoms with Gasteiger partial charge >= 0.3 is 0 Å². The van der Waals surface area contributed by atoms with Gasteiger partial charge in [-0.15, -0.1) is 0 Å². The van der Waals surface area contributed by atoms with Gasteiger partial charge in [-0.1, -0.05) is 53.0 Å². The topological polar surface area (TPSA) is 92.5 Å². The van der Waals surface area contributed by atoms with Gasteiger partial charge in [0.15, 0.2) is 0 Å². The molecule has 0 fully saturated rings. The quantitative estimate of drug-likeness (QED) is 0.181. The van der Waals surface area contributed by atoms with Gasteiger partial charge < -0.3 is 16.0 Å². The Morgan fingerprint density at radius 2 is 1.65 bits per heavy atom. The number of hydrogen-bond donors (Lipinski definition) is 3. The number of nitrogens with one attached hydrogen (secondary N) is 2. The molecule has 5 aromatic rings. The molecule has 0 saturated heterocycles. The molecule has 0 saturated carbocycles. The Morgan fingerprint density at radius 3 is 2.38 bits per heavy atom. The monoisotopic (exact) mass is 622 g/mol. The predicted molar refractivity (Wildman–Crippen MR) is 149 cm³/mol. The van der Waals surface area contributed by atoms with Crippen molar-refractivity contribution in [1.82, 2.24) is 19.9 Å². The van der Waals surface area contributed by atoms with E-state index in [2.05, 4.69) is 42.9 Å². The van der Waals surface area contributed by atoms with E-state index in [0.717, 1.165) is 42.3 Å². The van der Waals surface area contributed by atoms with Crippen LogP contribution in [-0.2, 0) is 6.54 Å². The summed E-state index contributed by atoms with van der Waals surface area (Å²) in [6, 6.07) is 17.3. The molecule has 0 aliphatic rings. The fourth-order valence-electron chi connectivity index (χ4n) is 3.09. The van der Waals surface area contributed by atoms with Crippen LogP contribution in [0.5, 0.6) is 0 Å². The third kappa shape index (κ3) is 6.29. The normalized spacial score (nSPS) is 10.6. The highest BCUT2D eigenvalue weighted by Crippen LogP contribution is 2.29. The molecule has 0 unspecified atom stereocenters. The van der Waals surface area contributed by atoms with Crippen LogP contribution < -0.4 is 11.1 Å². The van der Waals surface area contributed by atoms with E-state index in [1.165, 1.54) is 6.20 Å². The molecule has 172 valence electrons. The molecule has 0 bridgehead atoms. The second-order valence-electron chi connectivity index (χ2n) is 7.16. The van der Waals surface area contributed by atoms with Crippen molar-refractivity contribution in [2.45, 2.75) is 6.54 Å². The van der Waals surface area contributed by atoms with Crippen molar-refractivity contribution in [2.24, 2.45) is 0 Å². The number of benzene rings is 1. The van der Waals surface area contributed by atoms with E-state index in [4.69, 9.17) is 45.5 Å². The smallest absolute Gasteiger partial charge is 0.138 e. The van der Waals surface area contributed by atoms with Crippen LogP contribution in [0.4, 0.5) is 11.6 Å². The summed E-state index contributed by atoms with van der Waals surface area (Å²) < 4.78 is 0.889. The Labute approximate surface area is 225 Å². The average Bonchev–Trinajstić information content (AvgIpc) is 3.25. The van der Waals surface area contributed by atoms with Crippen LogP contribution >= 0.6 is 57.4 Å². The van der Waals surface area contributed by atoms with Gasteiger partial charge in [-0.05, 0) is 64.6 Å². The predicted octanol–water partition coefficient (Wildman–Crippen LogP) is 7.47. The van der Waals surface area contributed by atoms with Crippen LogP contribution in [0.2, 0.25) is 15.1 Å². The molecule has 0 atom stereocenters. The lowest BCUT2D eigenvalue weighted by Crippen LogP contribution is -2.01. The molecule has 1 aromatic carbocycles. The van der Waals surface area contributed by atoms with Crippen molar-refractivity contribution in [2.75, 3.05) is 11.1 Å². The molecule has 10 heteroatoms. The zero-order valence-electron chi connectivity index (χ0n) is 17.6. The van der Waals surface area contributed by atoms with E-state index >= 15 is 0 Å². The standard InChI is InChI=1S/C19H14Cl2N4.C5H4ClIN2/c20-13-6-4-12(5-7-13)9-22-18-3-1-2-17(25-18)16-11-24-19-15(16)8-14(21)10-23-19;6-3-1-4(7)5(8)9-2-3/h1-8,10-11H,9H2,(H,22,25)(H,23,24);1-2H,(H2,8,9). The molecule has 0 spiro atoms. The minimum absolute atomic E-state index is 0.528. The number of halogens is 4. The summed E-state index contributed by atoms with van der Waals surface area (Å²) in [5.74, 6) is 1.33. The minimum Gasteiger partial charge on any atom is -0.383 e. The van der Waals surface area contributed by atoms with E-state index in [1.807, 2.05) is 54.7 Å². The molecule has 4 aromatic heterocycles. The number of aromatic amines is 1. The lowest BCUT2D eigenvalue weighted by Gasteiger charge is -2.07. The summed E-state index contributed by atoms with van der Waals surface area (Å²) in [7, 11) is 0. The van der Waals surface area contributed by atoms with Gasteiger partial charge in [0, 0.05) is 41.1 Å². The molecular weight excluding hydrogens is 606 g/mol. The Bertz CT molecular complexity index is 1420. The van der Waals surface area contributed by atoms with Crippen molar-refractivity contribution in [1.29, 1.82) is 0 Å². The van der Waals surface area contributed by atoms with Crippen LogP contribution in [0.1, 0.15) is 5.56 Å². The van der Waals surface area contributed by atoms with Gasteiger partial charge in [0.05, 0.1) is 19.3 Å². The molecule has 0 radical (unpaired) electrons. The highest BCUT2D eigenvalue weighted by molar-refractivity contribution is 14.1. The lowest BCUT2D eigenvalue weighted by atomic mass is 10.1. The molecule has 5 rings (SSSR count). The molecule has 4 heterocycles. The number of pyridine rings is 3. The molecular formula is C24H18Cl3IN6. The molecule has 0 aliphatic carbocycles. The van der Waals surface area contributed by atoms with Gasteiger partial charge in [-0.25, -0.2) is 15.0 Å². The highest BCUT2D eigenvalue weighted by atomic mass is 127. The number of rotatable bonds is 4. The Kier molecular flexibility index (Phi) is 8.10. The maximum Gasteiger partial charge on any atom is 0.138 e. The maximum atomic E-state index is 6.08. The first-order valence-corrected chi connectivity index (χ1v) is 12.2. The second kappa shape index (κ2) is 11.2. The fourth-order valence-corrected chi connectivity index (χ4v) is 4.19. The SMILES string of the molecule is Clc1ccc(CNc2cccc(-c3c[nH]c4ncc(Cl)cc34)n2)cc1.Nc1ncc(Cl)cc1I. The molecule has 4 N–H and O–H groups in total. The zero-order chi connectivity index (χ0) is 24.1. The molecule has 34 heavy (non-hydrogen) atoms. The van der Waals surface area contributed by atoms with Gasteiger partial charge in [0.25, 0.3) is 0 Å². The van der Waals surface area contributed by atoms with Gasteiger partial charge in [-0.2, -0.15) is 0 Å². The van der Waals surface area contributed by atoms with Crippen molar-refractivity contribution >= 4 is 80.1 Å². The van der Waals surface area contributed by atoms with Crippen molar-refractivity contribution < 1.29 is 0 Å². The Hall–Kier alpha value is -2.59. The van der Waals surface area contributed by atoms with E-state index in [-0.39, 0.29) is 0 Å². The summed E-state index contributed by atoms with van der Waals surface area (Å²) in [5, 5.41) is 6.24. The summed E-state index contributed by atoms with van der Waals surface area (Å²) in [5.41, 5.74) is 9.17. The second-order valence-corrected chi connectivity index (χ2v) is 9.63. The first-order valence-electron chi connectivity index (χ1n) is 10.0. The molecule has 0 aliphatic heterocycles. The zero-order valence-corrected chi connectivity index (χ0v) is 22.0. The van der Waals surface area contributed by atoms with E-state index in [1.54, 1.807) is 12.3 Å². The summed E-state index contributed by atoms with van der Waals surface area (Å²) in [6.45, 7) is 0.675. The van der Waals surface area contributed by atoms with Crippen LogP contribution in [0.3, 0.4) is 0 Å². The third-order valence-electron chi connectivity index (χ3n) is 4.75. The highest BCUT2D eigenvalue weighted by Gasteiger charge is 2.09. The summed E-state index contributed by atoms with van der Waals surface area (Å²) >= 11 is 19.7. The minimum atomic E-state index is 0.528.